The van der Waals surface area contributed by atoms with Crippen LogP contribution in [0.1, 0.15) is 27.6 Å². The number of nitro groups is 1. The van der Waals surface area contributed by atoms with E-state index in [9.17, 15) is 24.5 Å². The topological polar surface area (TPSA) is 110 Å². The molecule has 2 aromatic carbocycles. The highest BCUT2D eigenvalue weighted by molar-refractivity contribution is 6.31. The lowest BCUT2D eigenvalue weighted by Gasteiger charge is -2.21. The maximum absolute atomic E-state index is 12.6. The number of anilines is 1. The summed E-state index contributed by atoms with van der Waals surface area (Å²) >= 11 is 5.86. The number of hydrogen-bond acceptors (Lipinski definition) is 5. The Morgan fingerprint density at radius 3 is 2.54 bits per heavy atom. The molecular weight excluding hydrogens is 362 g/mol. The first-order valence-corrected chi connectivity index (χ1v) is 7.90. The molecule has 8 nitrogen and oxygen atoms in total. The Morgan fingerprint density at radius 1 is 1.19 bits per heavy atom. The molecule has 2 aromatic rings. The molecule has 1 atom stereocenters. The molecule has 0 spiro atoms. The van der Waals surface area contributed by atoms with Crippen molar-refractivity contribution < 1.29 is 19.3 Å². The number of nitro benzene ring substituents is 1. The van der Waals surface area contributed by atoms with Crippen LogP contribution in [0.4, 0.5) is 11.4 Å². The van der Waals surface area contributed by atoms with E-state index in [2.05, 4.69) is 5.32 Å². The predicted octanol–water partition coefficient (Wildman–Crippen LogP) is 2.87. The summed E-state index contributed by atoms with van der Waals surface area (Å²) in [7, 11) is 0. The summed E-state index contributed by atoms with van der Waals surface area (Å²) in [5, 5.41) is 14.1. The number of halogens is 1. The van der Waals surface area contributed by atoms with E-state index >= 15 is 0 Å². The quantitative estimate of drug-likeness (QED) is 0.503. The van der Waals surface area contributed by atoms with Crippen LogP contribution in [0.5, 0.6) is 0 Å². The zero-order valence-corrected chi connectivity index (χ0v) is 14.2. The normalized spacial score (nSPS) is 14.2. The standard InChI is InChI=1S/C17H12ClN3O5/c1-9(15(22)19-11-5-2-4-10(18)8-11)20-16(23)12-6-3-7-13(21(25)26)14(12)17(20)24/h2-9H,1H3,(H,19,22)/t9-/m0/s1. The zero-order valence-electron chi connectivity index (χ0n) is 13.4. The first-order valence-electron chi connectivity index (χ1n) is 7.53. The summed E-state index contributed by atoms with van der Waals surface area (Å²) in [6.45, 7) is 1.37. The van der Waals surface area contributed by atoms with Gasteiger partial charge in [0, 0.05) is 16.8 Å². The lowest BCUT2D eigenvalue weighted by Crippen LogP contribution is -2.45. The fourth-order valence-electron chi connectivity index (χ4n) is 2.72. The second-order valence-electron chi connectivity index (χ2n) is 5.61. The Labute approximate surface area is 152 Å². The minimum atomic E-state index is -1.17. The van der Waals surface area contributed by atoms with Gasteiger partial charge in [-0.2, -0.15) is 0 Å². The van der Waals surface area contributed by atoms with Crippen LogP contribution in [0.15, 0.2) is 42.5 Å². The fourth-order valence-corrected chi connectivity index (χ4v) is 2.91. The first-order chi connectivity index (χ1) is 12.3. The van der Waals surface area contributed by atoms with Gasteiger partial charge in [-0.3, -0.25) is 29.4 Å². The van der Waals surface area contributed by atoms with Crippen molar-refractivity contribution in [1.29, 1.82) is 0 Å². The molecule has 1 aliphatic rings. The SMILES string of the molecule is C[C@@H](C(=O)Nc1cccc(Cl)c1)N1C(=O)c2cccc([N+](=O)[O-])c2C1=O. The highest BCUT2D eigenvalue weighted by atomic mass is 35.5. The largest absolute Gasteiger partial charge is 0.324 e. The number of nitrogens with one attached hydrogen (secondary N) is 1. The Kier molecular flexibility index (Phi) is 4.43. The Morgan fingerprint density at radius 2 is 1.88 bits per heavy atom. The molecule has 0 saturated carbocycles. The van der Waals surface area contributed by atoms with Crippen molar-refractivity contribution in [1.82, 2.24) is 4.90 Å². The molecule has 0 fully saturated rings. The van der Waals surface area contributed by atoms with Gasteiger partial charge in [-0.1, -0.05) is 23.7 Å². The number of nitrogens with zero attached hydrogens (tertiary/aromatic N) is 2. The fraction of sp³-hybridized carbons (Fsp3) is 0.118. The van der Waals surface area contributed by atoms with E-state index in [1.807, 2.05) is 0 Å². The van der Waals surface area contributed by atoms with Crippen molar-refractivity contribution in [3.05, 3.63) is 68.7 Å². The average molecular weight is 374 g/mol. The molecule has 9 heteroatoms. The number of benzene rings is 2. The third kappa shape index (κ3) is 2.91. The van der Waals surface area contributed by atoms with Gasteiger partial charge >= 0.3 is 0 Å². The van der Waals surface area contributed by atoms with Crippen molar-refractivity contribution in [3.63, 3.8) is 0 Å². The van der Waals surface area contributed by atoms with Gasteiger partial charge in [0.2, 0.25) is 5.91 Å². The molecule has 3 amide bonds. The number of carbonyl (C=O) groups is 3. The van der Waals surface area contributed by atoms with Crippen LogP contribution in [-0.4, -0.2) is 33.6 Å². The van der Waals surface area contributed by atoms with Gasteiger partial charge in [0.25, 0.3) is 17.5 Å². The number of fused-ring (bicyclic) bond motifs is 1. The second kappa shape index (κ2) is 6.57. The van der Waals surface area contributed by atoms with Crippen molar-refractivity contribution in [2.24, 2.45) is 0 Å². The maximum atomic E-state index is 12.6. The molecular formula is C17H12ClN3O5. The Balaban J connectivity index is 1.89. The number of rotatable bonds is 4. The van der Waals surface area contributed by atoms with Crippen molar-refractivity contribution in [2.75, 3.05) is 5.32 Å². The molecule has 0 aromatic heterocycles. The summed E-state index contributed by atoms with van der Waals surface area (Å²) in [6, 6.07) is 9.00. The van der Waals surface area contributed by atoms with Gasteiger partial charge in [-0.25, -0.2) is 0 Å². The van der Waals surface area contributed by atoms with Gasteiger partial charge in [0.15, 0.2) is 0 Å². The van der Waals surface area contributed by atoms with E-state index in [4.69, 9.17) is 11.6 Å². The van der Waals surface area contributed by atoms with E-state index in [-0.39, 0.29) is 11.1 Å². The molecule has 1 aliphatic heterocycles. The molecule has 3 rings (SSSR count). The average Bonchev–Trinajstić information content (AvgIpc) is 2.85. The van der Waals surface area contributed by atoms with Crippen LogP contribution in [0.3, 0.4) is 0 Å². The van der Waals surface area contributed by atoms with Gasteiger partial charge in [0.1, 0.15) is 11.6 Å². The second-order valence-corrected chi connectivity index (χ2v) is 6.05. The molecule has 132 valence electrons. The van der Waals surface area contributed by atoms with Gasteiger partial charge in [-0.15, -0.1) is 0 Å². The van der Waals surface area contributed by atoms with Crippen LogP contribution in [0, 0.1) is 10.1 Å². The summed E-state index contributed by atoms with van der Waals surface area (Å²) in [6.07, 6.45) is 0. The number of hydrogen-bond donors (Lipinski definition) is 1. The Hall–Kier alpha value is -3.26. The summed E-state index contributed by atoms with van der Waals surface area (Å²) in [5.74, 6) is -2.24. The van der Waals surface area contributed by atoms with Crippen LogP contribution in [0.2, 0.25) is 5.02 Å². The maximum Gasteiger partial charge on any atom is 0.282 e. The van der Waals surface area contributed by atoms with Crippen LogP contribution in [0.25, 0.3) is 0 Å². The van der Waals surface area contributed by atoms with Gasteiger partial charge < -0.3 is 5.32 Å². The summed E-state index contributed by atoms with van der Waals surface area (Å²) in [4.78, 5) is 48.7. The van der Waals surface area contributed by atoms with Gasteiger partial charge in [-0.05, 0) is 31.2 Å². The third-order valence-corrected chi connectivity index (χ3v) is 4.22. The lowest BCUT2D eigenvalue weighted by atomic mass is 10.1. The van der Waals surface area contributed by atoms with E-state index in [0.29, 0.717) is 10.7 Å². The zero-order chi connectivity index (χ0) is 19.0. The highest BCUT2D eigenvalue weighted by Gasteiger charge is 2.44. The highest BCUT2D eigenvalue weighted by Crippen LogP contribution is 2.32. The molecule has 1 heterocycles. The van der Waals surface area contributed by atoms with E-state index < -0.39 is 34.4 Å². The van der Waals surface area contributed by atoms with E-state index in [1.54, 1.807) is 18.2 Å². The van der Waals surface area contributed by atoms with Crippen LogP contribution in [-0.2, 0) is 4.79 Å². The van der Waals surface area contributed by atoms with E-state index in [0.717, 1.165) is 11.0 Å². The third-order valence-electron chi connectivity index (χ3n) is 3.98. The number of carbonyl (C=O) groups excluding carboxylic acids is 3. The number of imide groups is 1. The minimum absolute atomic E-state index is 0.0911. The summed E-state index contributed by atoms with van der Waals surface area (Å²) in [5.41, 5.74) is -0.459. The molecule has 0 saturated heterocycles. The van der Waals surface area contributed by atoms with Crippen molar-refractivity contribution >= 4 is 40.7 Å². The van der Waals surface area contributed by atoms with Crippen LogP contribution >= 0.6 is 11.6 Å². The molecule has 0 aliphatic carbocycles. The summed E-state index contributed by atoms with van der Waals surface area (Å²) < 4.78 is 0. The van der Waals surface area contributed by atoms with Crippen LogP contribution < -0.4 is 5.32 Å². The molecule has 1 N–H and O–H groups in total. The first kappa shape index (κ1) is 17.6. The molecule has 0 bridgehead atoms. The smallest absolute Gasteiger partial charge is 0.282 e. The minimum Gasteiger partial charge on any atom is -0.324 e. The Bertz CT molecular complexity index is 959. The molecule has 0 unspecified atom stereocenters. The van der Waals surface area contributed by atoms with Gasteiger partial charge in [0.05, 0.1) is 10.5 Å². The lowest BCUT2D eigenvalue weighted by molar-refractivity contribution is -0.385. The van der Waals surface area contributed by atoms with E-state index in [1.165, 1.54) is 25.1 Å². The van der Waals surface area contributed by atoms with Crippen molar-refractivity contribution in [3.8, 4) is 0 Å². The number of amides is 3. The molecule has 0 radical (unpaired) electrons. The predicted molar refractivity (Wildman–Crippen MR) is 93.1 cm³/mol. The van der Waals surface area contributed by atoms with Crippen molar-refractivity contribution in [2.45, 2.75) is 13.0 Å². The monoisotopic (exact) mass is 373 g/mol. The molecule has 26 heavy (non-hydrogen) atoms.